The lowest BCUT2D eigenvalue weighted by Gasteiger charge is -2.35. The lowest BCUT2D eigenvalue weighted by molar-refractivity contribution is 0.0624. The molecule has 4 rings (SSSR count). The number of ether oxygens (including phenoxy) is 1. The molecule has 1 fully saturated rings. The molecule has 1 aliphatic heterocycles. The Morgan fingerprint density at radius 3 is 2.42 bits per heavy atom. The average molecular weight is 439 g/mol. The van der Waals surface area contributed by atoms with E-state index in [0.717, 1.165) is 5.56 Å². The second-order valence-corrected chi connectivity index (χ2v) is 8.32. The highest BCUT2D eigenvalue weighted by molar-refractivity contribution is 7.12. The number of methoxy groups -OCH3 is 1. The molecule has 1 saturated heterocycles. The van der Waals surface area contributed by atoms with Gasteiger partial charge in [0.25, 0.3) is 5.91 Å². The Kier molecular flexibility index (Phi) is 6.44. The number of thiophene rings is 1. The van der Waals surface area contributed by atoms with Gasteiger partial charge in [0.1, 0.15) is 11.6 Å². The molecule has 7 heteroatoms. The fraction of sp³-hybridized carbons (Fsp3) is 0.250. The van der Waals surface area contributed by atoms with Crippen LogP contribution in [0.1, 0.15) is 31.2 Å². The van der Waals surface area contributed by atoms with E-state index in [2.05, 4.69) is 4.90 Å². The molecule has 160 valence electrons. The van der Waals surface area contributed by atoms with Crippen molar-refractivity contribution in [2.45, 2.75) is 6.54 Å². The standard InChI is InChI=1S/C24H23FN2O3S/c1-30-21-9-8-18(25)15-17(21)16-26-10-12-27(13-11-26)24(29)20-6-3-2-5-19(20)23(28)22-7-4-14-31-22/h2-9,14-15H,10-13,16H2,1H3. The molecule has 0 spiro atoms. The minimum absolute atomic E-state index is 0.129. The molecule has 0 radical (unpaired) electrons. The highest BCUT2D eigenvalue weighted by atomic mass is 32.1. The third-order valence-corrected chi connectivity index (χ3v) is 6.31. The number of benzene rings is 2. The average Bonchev–Trinajstić information content (AvgIpc) is 3.34. The van der Waals surface area contributed by atoms with Crippen LogP contribution in [0.15, 0.2) is 60.0 Å². The summed E-state index contributed by atoms with van der Waals surface area (Å²) < 4.78 is 19.0. The molecule has 31 heavy (non-hydrogen) atoms. The molecular weight excluding hydrogens is 415 g/mol. The molecule has 1 aliphatic rings. The van der Waals surface area contributed by atoms with Gasteiger partial charge >= 0.3 is 0 Å². The van der Waals surface area contributed by atoms with Crippen molar-refractivity contribution in [2.24, 2.45) is 0 Å². The van der Waals surface area contributed by atoms with Crippen LogP contribution >= 0.6 is 11.3 Å². The summed E-state index contributed by atoms with van der Waals surface area (Å²) in [4.78, 5) is 30.6. The molecule has 0 atom stereocenters. The summed E-state index contributed by atoms with van der Waals surface area (Å²) in [6.07, 6.45) is 0. The zero-order chi connectivity index (χ0) is 21.8. The number of carbonyl (C=O) groups is 2. The lowest BCUT2D eigenvalue weighted by Crippen LogP contribution is -2.48. The van der Waals surface area contributed by atoms with Gasteiger partial charge in [0, 0.05) is 43.9 Å². The number of amides is 1. The highest BCUT2D eigenvalue weighted by Gasteiger charge is 2.26. The van der Waals surface area contributed by atoms with Crippen LogP contribution in [0.25, 0.3) is 0 Å². The summed E-state index contributed by atoms with van der Waals surface area (Å²) in [7, 11) is 1.57. The van der Waals surface area contributed by atoms with Crippen LogP contribution in [-0.4, -0.2) is 54.8 Å². The second-order valence-electron chi connectivity index (χ2n) is 7.38. The van der Waals surface area contributed by atoms with E-state index < -0.39 is 0 Å². The maximum absolute atomic E-state index is 13.6. The van der Waals surface area contributed by atoms with Gasteiger partial charge in [0.2, 0.25) is 5.78 Å². The molecule has 0 N–H and O–H groups in total. The van der Waals surface area contributed by atoms with Crippen LogP contribution < -0.4 is 4.74 Å². The van der Waals surface area contributed by atoms with Crippen molar-refractivity contribution in [3.63, 3.8) is 0 Å². The Hall–Kier alpha value is -3.03. The lowest BCUT2D eigenvalue weighted by atomic mass is 10.0. The van der Waals surface area contributed by atoms with Gasteiger partial charge in [0.05, 0.1) is 17.6 Å². The normalized spacial score (nSPS) is 14.5. The second kappa shape index (κ2) is 9.41. The van der Waals surface area contributed by atoms with Crippen LogP contribution in [0.2, 0.25) is 0 Å². The van der Waals surface area contributed by atoms with Gasteiger partial charge in [-0.3, -0.25) is 14.5 Å². The fourth-order valence-corrected chi connectivity index (χ4v) is 4.48. The summed E-state index contributed by atoms with van der Waals surface area (Å²) >= 11 is 1.37. The SMILES string of the molecule is COc1ccc(F)cc1CN1CCN(C(=O)c2ccccc2C(=O)c2cccs2)CC1. The topological polar surface area (TPSA) is 49.9 Å². The molecule has 3 aromatic rings. The Labute approximate surface area is 184 Å². The summed E-state index contributed by atoms with van der Waals surface area (Å²) in [5, 5.41) is 1.85. The smallest absolute Gasteiger partial charge is 0.254 e. The third-order valence-electron chi connectivity index (χ3n) is 5.44. The van der Waals surface area contributed by atoms with Crippen molar-refractivity contribution < 1.29 is 18.7 Å². The van der Waals surface area contributed by atoms with Gasteiger partial charge in [-0.15, -0.1) is 11.3 Å². The quantitative estimate of drug-likeness (QED) is 0.544. The van der Waals surface area contributed by atoms with Crippen LogP contribution in [0, 0.1) is 5.82 Å². The van der Waals surface area contributed by atoms with Gasteiger partial charge < -0.3 is 9.64 Å². The first-order valence-corrected chi connectivity index (χ1v) is 11.0. The Balaban J connectivity index is 1.44. The van der Waals surface area contributed by atoms with Gasteiger partial charge in [-0.05, 0) is 35.7 Å². The van der Waals surface area contributed by atoms with E-state index in [1.165, 1.54) is 23.5 Å². The number of halogens is 1. The fourth-order valence-electron chi connectivity index (χ4n) is 3.80. The number of hydrogen-bond acceptors (Lipinski definition) is 5. The van der Waals surface area contributed by atoms with Crippen LogP contribution in [0.3, 0.4) is 0 Å². The first kappa shape index (κ1) is 21.2. The number of hydrogen-bond donors (Lipinski definition) is 0. The summed E-state index contributed by atoms with van der Waals surface area (Å²) in [5.41, 5.74) is 1.65. The van der Waals surface area contributed by atoms with Crippen molar-refractivity contribution >= 4 is 23.0 Å². The van der Waals surface area contributed by atoms with E-state index in [1.54, 1.807) is 48.4 Å². The van der Waals surface area contributed by atoms with E-state index in [1.807, 2.05) is 11.4 Å². The first-order valence-electron chi connectivity index (χ1n) is 10.1. The maximum Gasteiger partial charge on any atom is 0.254 e. The summed E-state index contributed by atoms with van der Waals surface area (Å²) in [5.74, 6) is 0.0943. The van der Waals surface area contributed by atoms with Crippen LogP contribution in [0.5, 0.6) is 5.75 Å². The Morgan fingerprint density at radius 1 is 1.00 bits per heavy atom. The van der Waals surface area contributed by atoms with E-state index in [4.69, 9.17) is 4.74 Å². The van der Waals surface area contributed by atoms with Crippen molar-refractivity contribution in [1.29, 1.82) is 0 Å². The highest BCUT2D eigenvalue weighted by Crippen LogP contribution is 2.23. The van der Waals surface area contributed by atoms with E-state index in [-0.39, 0.29) is 17.5 Å². The van der Waals surface area contributed by atoms with Gasteiger partial charge in [0.15, 0.2) is 0 Å². The minimum atomic E-state index is -0.295. The molecule has 1 aromatic heterocycles. The molecule has 0 bridgehead atoms. The molecule has 2 heterocycles. The number of piperazine rings is 1. The number of carbonyl (C=O) groups excluding carboxylic acids is 2. The van der Waals surface area contributed by atoms with Gasteiger partial charge in [-0.25, -0.2) is 4.39 Å². The molecule has 0 aliphatic carbocycles. The summed E-state index contributed by atoms with van der Waals surface area (Å²) in [6.45, 7) is 2.95. The van der Waals surface area contributed by atoms with E-state index in [0.29, 0.717) is 54.5 Å². The van der Waals surface area contributed by atoms with Crippen molar-refractivity contribution in [3.05, 3.63) is 87.4 Å². The zero-order valence-corrected chi connectivity index (χ0v) is 18.0. The van der Waals surface area contributed by atoms with Crippen molar-refractivity contribution in [3.8, 4) is 5.75 Å². The molecule has 5 nitrogen and oxygen atoms in total. The molecule has 2 aromatic carbocycles. The molecule has 1 amide bonds. The number of nitrogens with zero attached hydrogens (tertiary/aromatic N) is 2. The Morgan fingerprint density at radius 2 is 1.74 bits per heavy atom. The van der Waals surface area contributed by atoms with E-state index >= 15 is 0 Å². The van der Waals surface area contributed by atoms with Crippen LogP contribution in [-0.2, 0) is 6.54 Å². The van der Waals surface area contributed by atoms with Gasteiger partial charge in [-0.2, -0.15) is 0 Å². The minimum Gasteiger partial charge on any atom is -0.496 e. The first-order chi connectivity index (χ1) is 15.1. The van der Waals surface area contributed by atoms with Crippen LogP contribution in [0.4, 0.5) is 4.39 Å². The molecule has 0 saturated carbocycles. The van der Waals surface area contributed by atoms with Crippen molar-refractivity contribution in [2.75, 3.05) is 33.3 Å². The summed E-state index contributed by atoms with van der Waals surface area (Å²) in [6, 6.07) is 15.1. The predicted molar refractivity (Wildman–Crippen MR) is 118 cm³/mol. The third kappa shape index (κ3) is 4.68. The zero-order valence-electron chi connectivity index (χ0n) is 17.2. The molecule has 0 unspecified atom stereocenters. The monoisotopic (exact) mass is 438 g/mol. The maximum atomic E-state index is 13.6. The molecular formula is C24H23FN2O3S. The van der Waals surface area contributed by atoms with E-state index in [9.17, 15) is 14.0 Å². The Bertz CT molecular complexity index is 1080. The number of ketones is 1. The largest absolute Gasteiger partial charge is 0.496 e. The van der Waals surface area contributed by atoms with Crippen molar-refractivity contribution in [1.82, 2.24) is 9.80 Å². The predicted octanol–water partition coefficient (Wildman–Crippen LogP) is 4.08. The van der Waals surface area contributed by atoms with Gasteiger partial charge in [-0.1, -0.05) is 24.3 Å². The number of rotatable bonds is 6.